The first-order valence-corrected chi connectivity index (χ1v) is 9.05. The predicted octanol–water partition coefficient (Wildman–Crippen LogP) is 1.46. The molecule has 5 nitrogen and oxygen atoms in total. The van der Waals surface area contributed by atoms with Crippen molar-refractivity contribution in [3.05, 3.63) is 17.0 Å². The fraction of sp³-hybridized carbons (Fsp3) is 0.615. The van der Waals surface area contributed by atoms with E-state index in [-0.39, 0.29) is 11.8 Å². The van der Waals surface area contributed by atoms with Crippen LogP contribution in [0.3, 0.4) is 0 Å². The molecule has 0 atom stereocenters. The van der Waals surface area contributed by atoms with Crippen LogP contribution in [-0.2, 0) is 21.2 Å². The van der Waals surface area contributed by atoms with Gasteiger partial charge in [-0.3, -0.25) is 4.79 Å². The summed E-state index contributed by atoms with van der Waals surface area (Å²) in [5.41, 5.74) is 0. The molecule has 0 bridgehead atoms. The molecule has 0 spiro atoms. The molecule has 1 fully saturated rings. The van der Waals surface area contributed by atoms with Gasteiger partial charge in [0.15, 0.2) is 0 Å². The second-order valence-electron chi connectivity index (χ2n) is 4.87. The van der Waals surface area contributed by atoms with Gasteiger partial charge in [-0.2, -0.15) is 4.31 Å². The van der Waals surface area contributed by atoms with E-state index in [1.807, 2.05) is 13.0 Å². The molecule has 0 aliphatic carbocycles. The minimum Gasteiger partial charge on any atom is -0.359 e. The molecule has 1 aliphatic rings. The molecule has 1 aromatic rings. The zero-order chi connectivity index (χ0) is 14.8. The first-order chi connectivity index (χ1) is 9.48. The number of nitrogens with zero attached hydrogens (tertiary/aromatic N) is 1. The van der Waals surface area contributed by atoms with Gasteiger partial charge in [-0.25, -0.2) is 8.42 Å². The van der Waals surface area contributed by atoms with Crippen molar-refractivity contribution in [1.82, 2.24) is 9.62 Å². The Balaban J connectivity index is 2.07. The maximum Gasteiger partial charge on any atom is 0.252 e. The van der Waals surface area contributed by atoms with E-state index < -0.39 is 10.0 Å². The lowest BCUT2D eigenvalue weighted by molar-refractivity contribution is -0.125. The van der Waals surface area contributed by atoms with Gasteiger partial charge in [0, 0.05) is 30.9 Å². The van der Waals surface area contributed by atoms with Crippen molar-refractivity contribution < 1.29 is 13.2 Å². The molecular formula is C13H20N2O3S2. The molecule has 0 aromatic carbocycles. The Morgan fingerprint density at radius 1 is 1.40 bits per heavy atom. The van der Waals surface area contributed by atoms with E-state index in [0.29, 0.717) is 30.1 Å². The third-order valence-electron chi connectivity index (χ3n) is 3.65. The summed E-state index contributed by atoms with van der Waals surface area (Å²) in [6.45, 7) is 2.84. The fourth-order valence-corrected chi connectivity index (χ4v) is 5.30. The summed E-state index contributed by atoms with van der Waals surface area (Å²) in [5.74, 6) is -0.0626. The Hall–Kier alpha value is -0.920. The molecule has 0 unspecified atom stereocenters. The number of hydrogen-bond donors (Lipinski definition) is 1. The minimum atomic E-state index is -3.39. The molecule has 2 rings (SSSR count). The lowest BCUT2D eigenvalue weighted by Gasteiger charge is -2.29. The molecule has 20 heavy (non-hydrogen) atoms. The molecule has 1 aliphatic heterocycles. The summed E-state index contributed by atoms with van der Waals surface area (Å²) in [5, 5.41) is 2.63. The number of sulfonamides is 1. The molecule has 0 saturated carbocycles. The highest BCUT2D eigenvalue weighted by Crippen LogP contribution is 2.28. The standard InChI is InChI=1S/C13H20N2O3S2/c1-3-11-4-5-12(19-11)20(17,18)15-8-6-10(7-9-15)13(16)14-2/h4-5,10H,3,6-9H2,1-2H3,(H,14,16). The normalized spacial score (nSPS) is 18.1. The van der Waals surface area contributed by atoms with Crippen LogP contribution < -0.4 is 5.32 Å². The third-order valence-corrected chi connectivity index (χ3v) is 7.25. The van der Waals surface area contributed by atoms with Gasteiger partial charge in [0.1, 0.15) is 4.21 Å². The van der Waals surface area contributed by atoms with Gasteiger partial charge < -0.3 is 5.32 Å². The Morgan fingerprint density at radius 2 is 2.05 bits per heavy atom. The van der Waals surface area contributed by atoms with Crippen LogP contribution in [0.15, 0.2) is 16.3 Å². The molecule has 2 heterocycles. The van der Waals surface area contributed by atoms with E-state index in [4.69, 9.17) is 0 Å². The predicted molar refractivity (Wildman–Crippen MR) is 79.2 cm³/mol. The third kappa shape index (κ3) is 3.05. The Kier molecular flexibility index (Phi) is 4.82. The average molecular weight is 316 g/mol. The number of carbonyl (C=O) groups excluding carboxylic acids is 1. The van der Waals surface area contributed by atoms with Crippen LogP contribution in [-0.4, -0.2) is 38.8 Å². The van der Waals surface area contributed by atoms with Gasteiger partial charge in [-0.15, -0.1) is 11.3 Å². The Labute approximate surface area is 124 Å². The molecule has 1 N–H and O–H groups in total. The van der Waals surface area contributed by atoms with Gasteiger partial charge in [0.05, 0.1) is 0 Å². The van der Waals surface area contributed by atoms with E-state index in [2.05, 4.69) is 5.32 Å². The van der Waals surface area contributed by atoms with Crippen LogP contribution in [0.5, 0.6) is 0 Å². The van der Waals surface area contributed by atoms with Crippen LogP contribution in [0.2, 0.25) is 0 Å². The summed E-state index contributed by atoms with van der Waals surface area (Å²) in [4.78, 5) is 12.6. The number of aryl methyl sites for hydroxylation is 1. The van der Waals surface area contributed by atoms with Crippen LogP contribution in [0.1, 0.15) is 24.6 Å². The summed E-state index contributed by atoms with van der Waals surface area (Å²) in [6, 6.07) is 3.55. The van der Waals surface area contributed by atoms with E-state index in [1.165, 1.54) is 15.6 Å². The highest BCUT2D eigenvalue weighted by Gasteiger charge is 2.32. The number of piperidine rings is 1. The molecule has 1 saturated heterocycles. The van der Waals surface area contributed by atoms with E-state index >= 15 is 0 Å². The maximum atomic E-state index is 12.5. The summed E-state index contributed by atoms with van der Waals surface area (Å²) >= 11 is 1.34. The van der Waals surface area contributed by atoms with Crippen molar-refractivity contribution in [3.8, 4) is 0 Å². The molecule has 112 valence electrons. The molecule has 0 radical (unpaired) electrons. The van der Waals surface area contributed by atoms with E-state index in [1.54, 1.807) is 13.1 Å². The van der Waals surface area contributed by atoms with Crippen molar-refractivity contribution in [2.24, 2.45) is 5.92 Å². The highest BCUT2D eigenvalue weighted by molar-refractivity contribution is 7.91. The lowest BCUT2D eigenvalue weighted by atomic mass is 9.97. The summed E-state index contributed by atoms with van der Waals surface area (Å²) in [6.07, 6.45) is 2.02. The van der Waals surface area contributed by atoms with Crippen molar-refractivity contribution in [2.45, 2.75) is 30.4 Å². The van der Waals surface area contributed by atoms with Crippen molar-refractivity contribution in [3.63, 3.8) is 0 Å². The van der Waals surface area contributed by atoms with Gasteiger partial charge in [-0.05, 0) is 31.4 Å². The zero-order valence-electron chi connectivity index (χ0n) is 11.8. The smallest absolute Gasteiger partial charge is 0.252 e. The van der Waals surface area contributed by atoms with Crippen molar-refractivity contribution in [1.29, 1.82) is 0 Å². The van der Waals surface area contributed by atoms with Crippen LogP contribution >= 0.6 is 11.3 Å². The SMILES string of the molecule is CCc1ccc(S(=O)(=O)N2CCC(C(=O)NC)CC2)s1. The van der Waals surface area contributed by atoms with Gasteiger partial charge in [-0.1, -0.05) is 6.92 Å². The fourth-order valence-electron chi connectivity index (χ4n) is 2.38. The number of hydrogen-bond acceptors (Lipinski definition) is 4. The second-order valence-corrected chi connectivity index (χ2v) is 8.20. The highest BCUT2D eigenvalue weighted by atomic mass is 32.2. The Bertz CT molecular complexity index is 572. The number of rotatable bonds is 4. The van der Waals surface area contributed by atoms with Gasteiger partial charge >= 0.3 is 0 Å². The molecule has 1 aromatic heterocycles. The summed E-state index contributed by atoms with van der Waals surface area (Å²) in [7, 11) is -1.77. The molecule has 7 heteroatoms. The van der Waals surface area contributed by atoms with Crippen molar-refractivity contribution in [2.75, 3.05) is 20.1 Å². The number of thiophene rings is 1. The summed E-state index contributed by atoms with van der Waals surface area (Å²) < 4.78 is 26.9. The first-order valence-electron chi connectivity index (χ1n) is 6.79. The number of carbonyl (C=O) groups is 1. The van der Waals surface area contributed by atoms with Gasteiger partial charge in [0.2, 0.25) is 5.91 Å². The molecular weight excluding hydrogens is 296 g/mol. The topological polar surface area (TPSA) is 66.5 Å². The largest absolute Gasteiger partial charge is 0.359 e. The second kappa shape index (κ2) is 6.24. The van der Waals surface area contributed by atoms with Crippen LogP contribution in [0.4, 0.5) is 0 Å². The lowest BCUT2D eigenvalue weighted by Crippen LogP contribution is -2.42. The van der Waals surface area contributed by atoms with E-state index in [9.17, 15) is 13.2 Å². The van der Waals surface area contributed by atoms with Crippen LogP contribution in [0, 0.1) is 5.92 Å². The molecule has 1 amide bonds. The zero-order valence-corrected chi connectivity index (χ0v) is 13.4. The first kappa shape index (κ1) is 15.5. The quantitative estimate of drug-likeness (QED) is 0.914. The Morgan fingerprint density at radius 3 is 2.55 bits per heavy atom. The average Bonchev–Trinajstić information content (AvgIpc) is 2.96. The van der Waals surface area contributed by atoms with Crippen molar-refractivity contribution >= 4 is 27.3 Å². The van der Waals surface area contributed by atoms with Crippen LogP contribution in [0.25, 0.3) is 0 Å². The number of nitrogens with one attached hydrogen (secondary N) is 1. The maximum absolute atomic E-state index is 12.5. The van der Waals surface area contributed by atoms with E-state index in [0.717, 1.165) is 11.3 Å². The monoisotopic (exact) mass is 316 g/mol. The van der Waals surface area contributed by atoms with Gasteiger partial charge in [0.25, 0.3) is 10.0 Å². The number of amides is 1. The minimum absolute atomic E-state index is 0.00596.